The van der Waals surface area contributed by atoms with Gasteiger partial charge in [-0.3, -0.25) is 0 Å². The molecular formula is C15H20N2O. The van der Waals surface area contributed by atoms with Gasteiger partial charge in [0.25, 0.3) is 0 Å². The number of carbonyl (C=O) groups excluding carboxylic acids is 1. The first kappa shape index (κ1) is 12.7. The lowest BCUT2D eigenvalue weighted by Gasteiger charge is -2.06. The predicted octanol–water partition coefficient (Wildman–Crippen LogP) is 3.68. The molecule has 1 aliphatic carbocycles. The van der Waals surface area contributed by atoms with Crippen molar-refractivity contribution in [3.63, 3.8) is 0 Å². The number of hydrogen-bond acceptors (Lipinski definition) is 1. The minimum Gasteiger partial charge on any atom is -0.314 e. The summed E-state index contributed by atoms with van der Waals surface area (Å²) in [6, 6.07) is 7.73. The van der Waals surface area contributed by atoms with Crippen molar-refractivity contribution in [1.29, 1.82) is 0 Å². The highest BCUT2D eigenvalue weighted by Crippen LogP contribution is 2.35. The number of urea groups is 1. The van der Waals surface area contributed by atoms with Gasteiger partial charge in [-0.1, -0.05) is 24.6 Å². The molecule has 1 aromatic rings. The molecule has 0 aromatic heterocycles. The Morgan fingerprint density at radius 1 is 1.33 bits per heavy atom. The van der Waals surface area contributed by atoms with Gasteiger partial charge in [-0.15, -0.1) is 0 Å². The van der Waals surface area contributed by atoms with Crippen LogP contribution in [0.25, 0.3) is 0 Å². The van der Waals surface area contributed by atoms with Gasteiger partial charge in [0.05, 0.1) is 0 Å². The SMILES string of the molecule is CCc1ccc(NC(=O)N/C=C(\C)C2CC2)cc1. The largest absolute Gasteiger partial charge is 0.323 e. The van der Waals surface area contributed by atoms with Crippen molar-refractivity contribution >= 4 is 11.7 Å². The van der Waals surface area contributed by atoms with Crippen LogP contribution in [0.4, 0.5) is 10.5 Å². The molecule has 1 aliphatic rings. The maximum Gasteiger partial charge on any atom is 0.323 e. The molecule has 0 bridgehead atoms. The van der Waals surface area contributed by atoms with Crippen LogP contribution in [0.1, 0.15) is 32.3 Å². The van der Waals surface area contributed by atoms with Crippen LogP contribution in [0.15, 0.2) is 36.0 Å². The zero-order chi connectivity index (χ0) is 13.0. The van der Waals surface area contributed by atoms with Crippen LogP contribution in [-0.2, 0) is 6.42 Å². The number of benzene rings is 1. The lowest BCUT2D eigenvalue weighted by Crippen LogP contribution is -2.24. The van der Waals surface area contributed by atoms with Crippen LogP contribution in [0, 0.1) is 5.92 Å². The third-order valence-corrected chi connectivity index (χ3v) is 3.27. The van der Waals surface area contributed by atoms with E-state index in [0.717, 1.165) is 12.1 Å². The van der Waals surface area contributed by atoms with Gasteiger partial charge >= 0.3 is 6.03 Å². The highest BCUT2D eigenvalue weighted by molar-refractivity contribution is 5.89. The first-order chi connectivity index (χ1) is 8.69. The molecular weight excluding hydrogens is 224 g/mol. The molecule has 3 nitrogen and oxygen atoms in total. The van der Waals surface area contributed by atoms with Crippen molar-refractivity contribution in [2.45, 2.75) is 33.1 Å². The Kier molecular flexibility index (Phi) is 4.03. The Balaban J connectivity index is 1.84. The smallest absolute Gasteiger partial charge is 0.314 e. The number of amides is 2. The Hall–Kier alpha value is -1.77. The minimum absolute atomic E-state index is 0.181. The number of carbonyl (C=O) groups is 1. The molecule has 0 atom stereocenters. The van der Waals surface area contributed by atoms with Gasteiger partial charge in [0, 0.05) is 11.9 Å². The van der Waals surface area contributed by atoms with E-state index in [4.69, 9.17) is 0 Å². The third-order valence-electron chi connectivity index (χ3n) is 3.27. The molecule has 2 N–H and O–H groups in total. The monoisotopic (exact) mass is 244 g/mol. The molecule has 1 fully saturated rings. The second-order valence-electron chi connectivity index (χ2n) is 4.81. The number of hydrogen-bond donors (Lipinski definition) is 2. The molecule has 18 heavy (non-hydrogen) atoms. The number of allylic oxidation sites excluding steroid dienone is 1. The molecule has 0 heterocycles. The summed E-state index contributed by atoms with van der Waals surface area (Å²) in [5.74, 6) is 0.689. The Morgan fingerprint density at radius 2 is 2.00 bits per heavy atom. The molecule has 0 aliphatic heterocycles. The summed E-state index contributed by atoms with van der Waals surface area (Å²) in [6.07, 6.45) is 5.33. The average molecular weight is 244 g/mol. The van der Waals surface area contributed by atoms with Crippen molar-refractivity contribution in [2.24, 2.45) is 5.92 Å². The van der Waals surface area contributed by atoms with Gasteiger partial charge in [0.15, 0.2) is 0 Å². The van der Waals surface area contributed by atoms with Crippen LogP contribution in [0.3, 0.4) is 0 Å². The molecule has 3 heteroatoms. The topological polar surface area (TPSA) is 41.1 Å². The quantitative estimate of drug-likeness (QED) is 0.833. The van der Waals surface area contributed by atoms with E-state index in [9.17, 15) is 4.79 Å². The normalized spacial score (nSPS) is 15.3. The molecule has 1 saturated carbocycles. The maximum absolute atomic E-state index is 11.6. The van der Waals surface area contributed by atoms with Crippen LogP contribution >= 0.6 is 0 Å². The summed E-state index contributed by atoms with van der Waals surface area (Å²) in [5.41, 5.74) is 3.35. The number of anilines is 1. The third kappa shape index (κ3) is 3.62. The standard InChI is InChI=1S/C15H20N2O/c1-3-12-4-8-14(9-5-12)17-15(18)16-10-11(2)13-6-7-13/h4-5,8-10,13H,3,6-7H2,1-2H3,(H2,16,17,18)/b11-10+. The van der Waals surface area contributed by atoms with Crippen molar-refractivity contribution in [3.05, 3.63) is 41.6 Å². The summed E-state index contributed by atoms with van der Waals surface area (Å²) in [4.78, 5) is 11.6. The fraction of sp³-hybridized carbons (Fsp3) is 0.400. The molecule has 0 spiro atoms. The predicted molar refractivity (Wildman–Crippen MR) is 74.5 cm³/mol. The van der Waals surface area contributed by atoms with Crippen molar-refractivity contribution in [2.75, 3.05) is 5.32 Å². The van der Waals surface area contributed by atoms with E-state index in [2.05, 4.69) is 24.5 Å². The van der Waals surface area contributed by atoms with Crippen LogP contribution in [0.5, 0.6) is 0 Å². The second kappa shape index (κ2) is 5.71. The van der Waals surface area contributed by atoms with E-state index in [1.54, 1.807) is 0 Å². The number of aryl methyl sites for hydroxylation is 1. The summed E-state index contributed by atoms with van der Waals surface area (Å²) in [7, 11) is 0. The van der Waals surface area contributed by atoms with E-state index in [-0.39, 0.29) is 6.03 Å². The highest BCUT2D eigenvalue weighted by Gasteiger charge is 2.22. The molecule has 0 saturated heterocycles. The first-order valence-corrected chi connectivity index (χ1v) is 6.52. The van der Waals surface area contributed by atoms with Crippen molar-refractivity contribution in [3.8, 4) is 0 Å². The number of rotatable bonds is 4. The molecule has 96 valence electrons. The average Bonchev–Trinajstić information content (AvgIpc) is 3.21. The highest BCUT2D eigenvalue weighted by atomic mass is 16.2. The van der Waals surface area contributed by atoms with Gasteiger partial charge in [0.2, 0.25) is 0 Å². The summed E-state index contributed by atoms with van der Waals surface area (Å²) in [5, 5.41) is 5.58. The van der Waals surface area contributed by atoms with E-state index in [0.29, 0.717) is 5.92 Å². The fourth-order valence-electron chi connectivity index (χ4n) is 1.83. The first-order valence-electron chi connectivity index (χ1n) is 6.52. The van der Waals surface area contributed by atoms with Gasteiger partial charge in [-0.25, -0.2) is 4.79 Å². The van der Waals surface area contributed by atoms with Gasteiger partial charge < -0.3 is 10.6 Å². The Labute approximate surface area is 108 Å². The zero-order valence-electron chi connectivity index (χ0n) is 11.0. The van der Waals surface area contributed by atoms with E-state index >= 15 is 0 Å². The lowest BCUT2D eigenvalue weighted by atomic mass is 10.1. The summed E-state index contributed by atoms with van der Waals surface area (Å²) < 4.78 is 0. The van der Waals surface area contributed by atoms with Crippen LogP contribution in [0.2, 0.25) is 0 Å². The van der Waals surface area contributed by atoms with Crippen molar-refractivity contribution in [1.82, 2.24) is 5.32 Å². The Bertz CT molecular complexity index is 444. The second-order valence-corrected chi connectivity index (χ2v) is 4.81. The lowest BCUT2D eigenvalue weighted by molar-refractivity contribution is 0.255. The molecule has 2 rings (SSSR count). The van der Waals surface area contributed by atoms with E-state index < -0.39 is 0 Å². The molecule has 0 unspecified atom stereocenters. The van der Waals surface area contributed by atoms with E-state index in [1.807, 2.05) is 30.5 Å². The maximum atomic E-state index is 11.6. The Morgan fingerprint density at radius 3 is 2.56 bits per heavy atom. The van der Waals surface area contributed by atoms with Crippen LogP contribution < -0.4 is 10.6 Å². The molecule has 1 aromatic carbocycles. The summed E-state index contributed by atoms with van der Waals surface area (Å²) >= 11 is 0. The fourth-order valence-corrected chi connectivity index (χ4v) is 1.83. The van der Waals surface area contributed by atoms with Crippen molar-refractivity contribution < 1.29 is 4.79 Å². The van der Waals surface area contributed by atoms with Gasteiger partial charge in [-0.2, -0.15) is 0 Å². The van der Waals surface area contributed by atoms with Gasteiger partial charge in [0.1, 0.15) is 0 Å². The zero-order valence-corrected chi connectivity index (χ0v) is 11.0. The van der Waals surface area contributed by atoms with Gasteiger partial charge in [-0.05, 0) is 49.8 Å². The minimum atomic E-state index is -0.181. The number of nitrogens with one attached hydrogen (secondary N) is 2. The van der Waals surface area contributed by atoms with E-state index in [1.165, 1.54) is 24.0 Å². The summed E-state index contributed by atoms with van der Waals surface area (Å²) in [6.45, 7) is 4.18. The van der Waals surface area contributed by atoms with Crippen LogP contribution in [-0.4, -0.2) is 6.03 Å². The molecule has 2 amide bonds. The molecule has 0 radical (unpaired) electrons.